The third-order valence-electron chi connectivity index (χ3n) is 5.43. The molecule has 7 heteroatoms. The predicted octanol–water partition coefficient (Wildman–Crippen LogP) is 6.16. The molecule has 0 bridgehead atoms. The van der Waals surface area contributed by atoms with Crippen molar-refractivity contribution in [2.75, 3.05) is 25.3 Å². The van der Waals surface area contributed by atoms with E-state index in [0.717, 1.165) is 44.4 Å². The molecule has 0 unspecified atom stereocenters. The van der Waals surface area contributed by atoms with Crippen molar-refractivity contribution in [3.8, 4) is 23.0 Å². The average molecular weight is 459 g/mol. The van der Waals surface area contributed by atoms with E-state index in [9.17, 15) is 4.79 Å². The van der Waals surface area contributed by atoms with Crippen molar-refractivity contribution >= 4 is 45.0 Å². The van der Waals surface area contributed by atoms with Crippen LogP contribution in [0.1, 0.15) is 6.42 Å². The molecule has 166 valence electrons. The summed E-state index contributed by atoms with van der Waals surface area (Å²) >= 11 is 1.59. The topological polar surface area (TPSA) is 69.7 Å². The fraction of sp³-hybridized carbons (Fsp3) is 0.154. The molecule has 1 aliphatic rings. The first-order valence-corrected chi connectivity index (χ1v) is 11.5. The van der Waals surface area contributed by atoms with E-state index in [1.165, 1.54) is 0 Å². The second-order valence-electron chi connectivity index (χ2n) is 7.52. The van der Waals surface area contributed by atoms with Gasteiger partial charge in [-0.15, -0.1) is 11.8 Å². The molecule has 0 fully saturated rings. The minimum absolute atomic E-state index is 0.0478. The van der Waals surface area contributed by atoms with E-state index in [2.05, 4.69) is 10.3 Å². The molecule has 4 aromatic rings. The molecule has 0 saturated carbocycles. The van der Waals surface area contributed by atoms with Crippen LogP contribution in [0.3, 0.4) is 0 Å². The van der Waals surface area contributed by atoms with Crippen molar-refractivity contribution in [3.63, 3.8) is 0 Å². The fourth-order valence-corrected chi connectivity index (χ4v) is 4.67. The number of allylic oxidation sites excluding steroid dienone is 1. The summed E-state index contributed by atoms with van der Waals surface area (Å²) in [6, 6.07) is 17.2. The van der Waals surface area contributed by atoms with Gasteiger partial charge in [-0.25, -0.2) is 0 Å². The number of aromatic nitrogens is 1. The Morgan fingerprint density at radius 3 is 2.52 bits per heavy atom. The minimum Gasteiger partial charge on any atom is -0.493 e. The fourth-order valence-electron chi connectivity index (χ4n) is 3.80. The summed E-state index contributed by atoms with van der Waals surface area (Å²) in [5.41, 5.74) is 1.53. The number of anilines is 1. The highest BCUT2D eigenvalue weighted by Gasteiger charge is 2.15. The van der Waals surface area contributed by atoms with E-state index < -0.39 is 0 Å². The smallest absolute Gasteiger partial charge is 0.261 e. The molecular weight excluding hydrogens is 436 g/mol. The van der Waals surface area contributed by atoms with Crippen LogP contribution in [0.15, 0.2) is 71.8 Å². The van der Waals surface area contributed by atoms with Crippen LogP contribution >= 0.6 is 11.8 Å². The van der Waals surface area contributed by atoms with Gasteiger partial charge in [0.05, 0.1) is 24.6 Å². The molecule has 1 N–H and O–H groups in total. The van der Waals surface area contributed by atoms with Crippen molar-refractivity contribution < 1.29 is 19.0 Å². The first-order valence-electron chi connectivity index (χ1n) is 10.5. The van der Waals surface area contributed by atoms with E-state index in [4.69, 9.17) is 14.2 Å². The molecule has 5 rings (SSSR count). The molecule has 1 amide bonds. The van der Waals surface area contributed by atoms with Gasteiger partial charge < -0.3 is 19.5 Å². The normalized spacial score (nSPS) is 13.1. The van der Waals surface area contributed by atoms with Gasteiger partial charge in [0.1, 0.15) is 11.5 Å². The lowest BCUT2D eigenvalue weighted by molar-refractivity contribution is -0.112. The molecule has 2 heterocycles. The number of amides is 1. The number of nitrogens with zero attached hydrogens (tertiary/aromatic N) is 1. The molecule has 0 atom stereocenters. The first kappa shape index (κ1) is 21.2. The Morgan fingerprint density at radius 1 is 0.939 bits per heavy atom. The average Bonchev–Trinajstić information content (AvgIpc) is 3.39. The second-order valence-corrected chi connectivity index (χ2v) is 8.66. The van der Waals surface area contributed by atoms with Gasteiger partial charge in [0.15, 0.2) is 11.5 Å². The van der Waals surface area contributed by atoms with Crippen LogP contribution in [0.4, 0.5) is 5.69 Å². The molecule has 1 aliphatic heterocycles. The van der Waals surface area contributed by atoms with E-state index >= 15 is 0 Å². The lowest BCUT2D eigenvalue weighted by Gasteiger charge is -2.13. The van der Waals surface area contributed by atoms with E-state index in [1.807, 2.05) is 60.7 Å². The number of pyridine rings is 1. The summed E-state index contributed by atoms with van der Waals surface area (Å²) in [6.45, 7) is 0. The van der Waals surface area contributed by atoms with Crippen LogP contribution in [0.2, 0.25) is 0 Å². The van der Waals surface area contributed by atoms with Crippen molar-refractivity contribution in [3.05, 3.63) is 71.8 Å². The number of thioether (sulfide) groups is 1. The second kappa shape index (κ2) is 9.03. The zero-order valence-electron chi connectivity index (χ0n) is 18.3. The Hall–Kier alpha value is -3.71. The van der Waals surface area contributed by atoms with Gasteiger partial charge in [-0.05, 0) is 53.6 Å². The van der Waals surface area contributed by atoms with Crippen LogP contribution in [-0.4, -0.2) is 30.9 Å². The number of fused-ring (bicyclic) bond motifs is 2. The van der Waals surface area contributed by atoms with Crippen LogP contribution < -0.4 is 19.5 Å². The monoisotopic (exact) mass is 458 g/mol. The number of carbonyl (C=O) groups is 1. The number of hydrogen-bond acceptors (Lipinski definition) is 6. The van der Waals surface area contributed by atoms with Gasteiger partial charge in [-0.2, -0.15) is 0 Å². The van der Waals surface area contributed by atoms with E-state index in [-0.39, 0.29) is 5.91 Å². The van der Waals surface area contributed by atoms with Crippen molar-refractivity contribution in [1.29, 1.82) is 0 Å². The number of hydrogen-bond donors (Lipinski definition) is 1. The highest BCUT2D eigenvalue weighted by atomic mass is 32.2. The zero-order chi connectivity index (χ0) is 22.8. The quantitative estimate of drug-likeness (QED) is 0.373. The van der Waals surface area contributed by atoms with Gasteiger partial charge in [0, 0.05) is 29.1 Å². The summed E-state index contributed by atoms with van der Waals surface area (Å²) in [5, 5.41) is 5.83. The third-order valence-corrected chi connectivity index (χ3v) is 6.54. The molecule has 3 aromatic carbocycles. The van der Waals surface area contributed by atoms with Gasteiger partial charge in [0.2, 0.25) is 0 Å². The zero-order valence-corrected chi connectivity index (χ0v) is 19.1. The maximum atomic E-state index is 12.4. The SMILES string of the molecule is COc1cc2nccc(Oc3ccc4cc(NC(=O)C5=CCCS5)ccc4c3)c2cc1OC. The Balaban J connectivity index is 1.41. The lowest BCUT2D eigenvalue weighted by atomic mass is 10.1. The van der Waals surface area contributed by atoms with Crippen LogP contribution in [0.25, 0.3) is 21.7 Å². The van der Waals surface area contributed by atoms with Crippen molar-refractivity contribution in [2.45, 2.75) is 6.42 Å². The maximum Gasteiger partial charge on any atom is 0.261 e. The Kier molecular flexibility index (Phi) is 5.79. The molecule has 0 radical (unpaired) electrons. The third kappa shape index (κ3) is 4.32. The molecule has 0 saturated heterocycles. The van der Waals surface area contributed by atoms with Crippen molar-refractivity contribution in [2.24, 2.45) is 0 Å². The van der Waals surface area contributed by atoms with Gasteiger partial charge >= 0.3 is 0 Å². The summed E-state index contributed by atoms with van der Waals surface area (Å²) < 4.78 is 17.0. The number of nitrogens with one attached hydrogen (secondary N) is 1. The molecule has 33 heavy (non-hydrogen) atoms. The van der Waals surface area contributed by atoms with Crippen LogP contribution in [0, 0.1) is 0 Å². The number of carbonyl (C=O) groups excluding carboxylic acids is 1. The Labute approximate surface area is 195 Å². The van der Waals surface area contributed by atoms with Crippen molar-refractivity contribution in [1.82, 2.24) is 4.98 Å². The molecule has 0 aliphatic carbocycles. The molecular formula is C26H22N2O4S. The highest BCUT2D eigenvalue weighted by molar-refractivity contribution is 8.04. The van der Waals surface area contributed by atoms with E-state index in [1.54, 1.807) is 32.2 Å². The van der Waals surface area contributed by atoms with Crippen LogP contribution in [-0.2, 0) is 4.79 Å². The summed E-state index contributed by atoms with van der Waals surface area (Å²) in [4.78, 5) is 17.6. The Bertz CT molecular complexity index is 1400. The largest absolute Gasteiger partial charge is 0.493 e. The van der Waals surface area contributed by atoms with E-state index in [0.29, 0.717) is 23.0 Å². The molecule has 0 spiro atoms. The van der Waals surface area contributed by atoms with Crippen LogP contribution in [0.5, 0.6) is 23.0 Å². The number of rotatable bonds is 6. The number of benzene rings is 3. The number of ether oxygens (including phenoxy) is 3. The standard InChI is InChI=1S/C26H22N2O4S/c1-30-23-14-20-21(15-24(23)31-2)27-10-9-22(20)32-19-8-6-16-12-18(7-5-17(16)13-19)28-26(29)25-4-3-11-33-25/h4-10,12-15H,3,11H2,1-2H3,(H,28,29). The molecule has 1 aromatic heterocycles. The lowest BCUT2D eigenvalue weighted by Crippen LogP contribution is -2.11. The highest BCUT2D eigenvalue weighted by Crippen LogP contribution is 2.37. The summed E-state index contributed by atoms with van der Waals surface area (Å²) in [6.07, 6.45) is 4.64. The maximum absolute atomic E-state index is 12.4. The summed E-state index contributed by atoms with van der Waals surface area (Å²) in [7, 11) is 3.20. The predicted molar refractivity (Wildman–Crippen MR) is 133 cm³/mol. The summed E-state index contributed by atoms with van der Waals surface area (Å²) in [5.74, 6) is 3.53. The minimum atomic E-state index is -0.0478. The van der Waals surface area contributed by atoms with Gasteiger partial charge in [-0.1, -0.05) is 18.2 Å². The molecule has 6 nitrogen and oxygen atoms in total. The van der Waals surface area contributed by atoms with Gasteiger partial charge in [-0.3, -0.25) is 9.78 Å². The van der Waals surface area contributed by atoms with Gasteiger partial charge in [0.25, 0.3) is 5.91 Å². The number of methoxy groups -OCH3 is 2. The Morgan fingerprint density at radius 2 is 1.73 bits per heavy atom. The first-order chi connectivity index (χ1) is 16.1.